The molecule has 1 N–H and O–H groups in total. The van der Waals surface area contributed by atoms with E-state index in [-0.39, 0.29) is 5.56 Å². The van der Waals surface area contributed by atoms with Crippen LogP contribution in [0.3, 0.4) is 0 Å². The number of nitrogens with zero attached hydrogens (tertiary/aromatic N) is 1. The molecule has 0 atom stereocenters. The lowest BCUT2D eigenvalue weighted by Gasteiger charge is -2.01. The summed E-state index contributed by atoms with van der Waals surface area (Å²) < 4.78 is 1.55. The van der Waals surface area contributed by atoms with Crippen molar-refractivity contribution in [1.29, 1.82) is 0 Å². The van der Waals surface area contributed by atoms with Gasteiger partial charge in [-0.1, -0.05) is 54.9 Å². The van der Waals surface area contributed by atoms with Crippen molar-refractivity contribution < 1.29 is 0 Å². The smallest absolute Gasteiger partial charge is 0.279 e. The average Bonchev–Trinajstić information content (AvgIpc) is 2.85. The highest BCUT2D eigenvalue weighted by Gasteiger charge is 2.15. The molecule has 106 valence electrons. The molecule has 0 spiro atoms. The fourth-order valence-corrected chi connectivity index (χ4v) is 2.62. The van der Waals surface area contributed by atoms with Crippen LogP contribution in [0, 0.1) is 0 Å². The van der Waals surface area contributed by atoms with E-state index in [1.165, 1.54) is 0 Å². The van der Waals surface area contributed by atoms with E-state index >= 15 is 0 Å². The van der Waals surface area contributed by atoms with Crippen molar-refractivity contribution in [2.75, 3.05) is 0 Å². The summed E-state index contributed by atoms with van der Waals surface area (Å²) in [7, 11) is 0. The van der Waals surface area contributed by atoms with Crippen LogP contribution < -0.4 is 5.56 Å². The third-order valence-electron chi connectivity index (χ3n) is 3.45. The molecule has 0 amide bonds. The lowest BCUT2D eigenvalue weighted by molar-refractivity contribution is 0.819. The highest BCUT2D eigenvalue weighted by Crippen LogP contribution is 2.21. The lowest BCUT2D eigenvalue weighted by Crippen LogP contribution is -2.15. The Hall–Kier alpha value is -2.26. The Labute approximate surface area is 127 Å². The fraction of sp³-hybridized carbons (Fsp3) is 0.118. The van der Waals surface area contributed by atoms with Crippen LogP contribution in [0.15, 0.2) is 59.4 Å². The second-order valence-corrected chi connectivity index (χ2v) is 5.24. The predicted octanol–water partition coefficient (Wildman–Crippen LogP) is 4.05. The van der Waals surface area contributed by atoms with Crippen molar-refractivity contribution in [3.8, 4) is 16.8 Å². The van der Waals surface area contributed by atoms with Gasteiger partial charge in [-0.2, -0.15) is 0 Å². The molecule has 3 nitrogen and oxygen atoms in total. The third kappa shape index (κ3) is 2.52. The molecule has 0 radical (unpaired) electrons. The van der Waals surface area contributed by atoms with Crippen molar-refractivity contribution in [1.82, 2.24) is 9.78 Å². The van der Waals surface area contributed by atoms with Gasteiger partial charge in [-0.25, -0.2) is 4.68 Å². The van der Waals surface area contributed by atoms with Gasteiger partial charge < -0.3 is 0 Å². The van der Waals surface area contributed by atoms with Gasteiger partial charge in [-0.3, -0.25) is 9.89 Å². The molecule has 0 saturated heterocycles. The summed E-state index contributed by atoms with van der Waals surface area (Å²) in [6.45, 7) is 2.03. The highest BCUT2D eigenvalue weighted by molar-refractivity contribution is 6.30. The number of halogens is 1. The lowest BCUT2D eigenvalue weighted by atomic mass is 10.1. The van der Waals surface area contributed by atoms with Crippen LogP contribution in [0.1, 0.15) is 12.6 Å². The second-order valence-electron chi connectivity index (χ2n) is 4.81. The van der Waals surface area contributed by atoms with E-state index < -0.39 is 0 Å². The molecule has 0 aliphatic rings. The standard InChI is InChI=1S/C17H15ClN2O/c1-2-15-16(12-7-4-3-5-8-12)17(21)20(19-15)14-10-6-9-13(18)11-14/h3-11,19H,2H2,1H3. The first-order valence-electron chi connectivity index (χ1n) is 6.86. The van der Waals surface area contributed by atoms with Crippen molar-refractivity contribution in [2.45, 2.75) is 13.3 Å². The highest BCUT2D eigenvalue weighted by atomic mass is 35.5. The molecule has 0 saturated carbocycles. The molecule has 0 aliphatic carbocycles. The number of nitrogens with one attached hydrogen (secondary N) is 1. The summed E-state index contributed by atoms with van der Waals surface area (Å²) in [6, 6.07) is 17.0. The van der Waals surface area contributed by atoms with E-state index in [1.54, 1.807) is 16.8 Å². The van der Waals surface area contributed by atoms with E-state index in [2.05, 4.69) is 5.10 Å². The molecule has 0 bridgehead atoms. The topological polar surface area (TPSA) is 37.8 Å². The molecule has 21 heavy (non-hydrogen) atoms. The first-order chi connectivity index (χ1) is 10.2. The van der Waals surface area contributed by atoms with Gasteiger partial charge in [0.25, 0.3) is 5.56 Å². The van der Waals surface area contributed by atoms with Gasteiger partial charge >= 0.3 is 0 Å². The molecule has 3 rings (SSSR count). The Morgan fingerprint density at radius 1 is 1.10 bits per heavy atom. The average molecular weight is 299 g/mol. The summed E-state index contributed by atoms with van der Waals surface area (Å²) in [5, 5.41) is 3.79. The summed E-state index contributed by atoms with van der Waals surface area (Å²) in [4.78, 5) is 12.7. The zero-order valence-electron chi connectivity index (χ0n) is 11.6. The number of hydrogen-bond donors (Lipinski definition) is 1. The minimum atomic E-state index is -0.0553. The molecule has 1 aromatic heterocycles. The van der Waals surface area contributed by atoms with Gasteiger partial charge in [-0.15, -0.1) is 0 Å². The maximum Gasteiger partial charge on any atom is 0.279 e. The summed E-state index contributed by atoms with van der Waals surface area (Å²) in [6.07, 6.45) is 0.757. The largest absolute Gasteiger partial charge is 0.294 e. The molecular weight excluding hydrogens is 284 g/mol. The Kier molecular flexibility index (Phi) is 3.67. The van der Waals surface area contributed by atoms with Gasteiger partial charge in [0, 0.05) is 10.7 Å². The number of aromatic nitrogens is 2. The molecule has 0 unspecified atom stereocenters. The van der Waals surface area contributed by atoms with Crippen LogP contribution in [0.2, 0.25) is 5.02 Å². The van der Waals surface area contributed by atoms with Gasteiger partial charge in [0.1, 0.15) is 0 Å². The number of aromatic amines is 1. The zero-order valence-corrected chi connectivity index (χ0v) is 12.4. The molecule has 1 heterocycles. The SMILES string of the molecule is CCc1[nH]n(-c2cccc(Cl)c2)c(=O)c1-c1ccccc1. The molecule has 0 aliphatic heterocycles. The van der Waals surface area contributed by atoms with Crippen molar-refractivity contribution in [3.05, 3.63) is 75.7 Å². The van der Waals surface area contributed by atoms with Crippen molar-refractivity contribution >= 4 is 11.6 Å². The molecule has 3 aromatic rings. The monoisotopic (exact) mass is 298 g/mol. The van der Waals surface area contributed by atoms with Gasteiger partial charge in [-0.05, 0) is 30.2 Å². The predicted molar refractivity (Wildman–Crippen MR) is 86.2 cm³/mol. The fourth-order valence-electron chi connectivity index (χ4n) is 2.44. The minimum absolute atomic E-state index is 0.0553. The maximum absolute atomic E-state index is 12.7. The Bertz CT molecular complexity index is 818. The van der Waals surface area contributed by atoms with Crippen LogP contribution in [0.4, 0.5) is 0 Å². The van der Waals surface area contributed by atoms with Crippen LogP contribution in [-0.4, -0.2) is 9.78 Å². The Balaban J connectivity index is 2.22. The Morgan fingerprint density at radius 2 is 1.86 bits per heavy atom. The van der Waals surface area contributed by atoms with Crippen molar-refractivity contribution in [3.63, 3.8) is 0 Å². The van der Waals surface area contributed by atoms with Crippen LogP contribution >= 0.6 is 11.6 Å². The van der Waals surface area contributed by atoms with E-state index in [9.17, 15) is 4.79 Å². The summed E-state index contributed by atoms with van der Waals surface area (Å²) in [5.74, 6) is 0. The van der Waals surface area contributed by atoms with E-state index in [0.29, 0.717) is 5.02 Å². The zero-order chi connectivity index (χ0) is 14.8. The van der Waals surface area contributed by atoms with E-state index in [1.807, 2.05) is 49.4 Å². The number of aryl methyl sites for hydroxylation is 1. The van der Waals surface area contributed by atoms with Gasteiger partial charge in [0.05, 0.1) is 11.3 Å². The second kappa shape index (κ2) is 5.62. The van der Waals surface area contributed by atoms with E-state index in [4.69, 9.17) is 11.6 Å². The van der Waals surface area contributed by atoms with Crippen LogP contribution in [-0.2, 0) is 6.42 Å². The number of hydrogen-bond acceptors (Lipinski definition) is 1. The molecule has 4 heteroatoms. The molecule has 0 fully saturated rings. The quantitative estimate of drug-likeness (QED) is 0.778. The van der Waals surface area contributed by atoms with Crippen LogP contribution in [0.5, 0.6) is 0 Å². The number of H-pyrrole nitrogens is 1. The number of benzene rings is 2. The normalized spacial score (nSPS) is 10.8. The Morgan fingerprint density at radius 3 is 2.52 bits per heavy atom. The maximum atomic E-state index is 12.7. The summed E-state index contributed by atoms with van der Waals surface area (Å²) in [5.41, 5.74) is 3.25. The van der Waals surface area contributed by atoms with Gasteiger partial charge in [0.15, 0.2) is 0 Å². The van der Waals surface area contributed by atoms with Gasteiger partial charge in [0.2, 0.25) is 0 Å². The minimum Gasteiger partial charge on any atom is -0.294 e. The van der Waals surface area contributed by atoms with Crippen molar-refractivity contribution in [2.24, 2.45) is 0 Å². The summed E-state index contributed by atoms with van der Waals surface area (Å²) >= 11 is 6.02. The third-order valence-corrected chi connectivity index (χ3v) is 3.68. The first kappa shape index (κ1) is 13.7. The van der Waals surface area contributed by atoms with E-state index in [0.717, 1.165) is 28.9 Å². The molecule has 2 aromatic carbocycles. The number of rotatable bonds is 3. The molecular formula is C17H15ClN2O. The first-order valence-corrected chi connectivity index (χ1v) is 7.23. The van der Waals surface area contributed by atoms with Crippen LogP contribution in [0.25, 0.3) is 16.8 Å².